The van der Waals surface area contributed by atoms with Gasteiger partial charge in [-0.2, -0.15) is 0 Å². The van der Waals surface area contributed by atoms with Gasteiger partial charge in [-0.15, -0.1) is 0 Å². The fourth-order valence-corrected chi connectivity index (χ4v) is 8.21. The summed E-state index contributed by atoms with van der Waals surface area (Å²) >= 11 is 0. The van der Waals surface area contributed by atoms with E-state index in [0.29, 0.717) is 23.5 Å². The van der Waals surface area contributed by atoms with Crippen LogP contribution in [0, 0.1) is 11.8 Å². The van der Waals surface area contributed by atoms with Crippen molar-refractivity contribution < 1.29 is 21.8 Å². The number of hydrogen-bond donors (Lipinski definition) is 0. The molecule has 2 aromatic rings. The first kappa shape index (κ1) is 25.5. The maximum atomic E-state index is 6.12. The Balaban J connectivity index is 0.000000427. The zero-order chi connectivity index (χ0) is 21.5. The van der Waals surface area contributed by atoms with Crippen LogP contribution in [0.5, 0.6) is 0 Å². The summed E-state index contributed by atoms with van der Waals surface area (Å²) in [7, 11) is -0.398. The SMILES string of the molecule is C1CCCC1.CC(C)[C@H]1COC([C@H]2CCCC2P(c2ccccc2)c2ccccc2)=N1.[Fe]. The van der Waals surface area contributed by atoms with Crippen LogP contribution in [0.4, 0.5) is 0 Å². The van der Waals surface area contributed by atoms with E-state index in [4.69, 9.17) is 9.73 Å². The Bertz CT molecular complexity index is 775. The topological polar surface area (TPSA) is 21.6 Å². The van der Waals surface area contributed by atoms with Crippen molar-refractivity contribution in [3.05, 3.63) is 60.7 Å². The third-order valence-corrected chi connectivity index (χ3v) is 9.90. The quantitative estimate of drug-likeness (QED) is 0.337. The standard InChI is InChI=1S/C23H28NOP.C5H10.Fe/c1-17(2)21-16-25-23(24-21)20-14-9-15-22(20)26(18-10-5-3-6-11-18)19-12-7-4-8-13-19;1-2-4-5-3-1;/h3-8,10-13,17,20-22H,9,14-16H2,1-2H3;1-5H2;/t20-,21+,22?;;/m0../s1. The number of nitrogens with zero attached hydrogens (tertiary/aromatic N) is 1. The maximum absolute atomic E-state index is 6.12. The van der Waals surface area contributed by atoms with Crippen LogP contribution >= 0.6 is 7.92 Å². The molecule has 0 N–H and O–H groups in total. The van der Waals surface area contributed by atoms with Crippen LogP contribution in [0.3, 0.4) is 0 Å². The fraction of sp³-hybridized carbons (Fsp3) is 0.536. The van der Waals surface area contributed by atoms with Crippen LogP contribution < -0.4 is 10.6 Å². The minimum absolute atomic E-state index is 0. The van der Waals surface area contributed by atoms with Crippen LogP contribution in [0.25, 0.3) is 0 Å². The van der Waals surface area contributed by atoms with Gasteiger partial charge in [0.2, 0.25) is 0 Å². The molecular weight excluding hydrogens is 453 g/mol. The van der Waals surface area contributed by atoms with E-state index >= 15 is 0 Å². The largest absolute Gasteiger partial charge is 0.478 e. The van der Waals surface area contributed by atoms with Crippen molar-refractivity contribution in [1.82, 2.24) is 0 Å². The summed E-state index contributed by atoms with van der Waals surface area (Å²) < 4.78 is 6.12. The van der Waals surface area contributed by atoms with Gasteiger partial charge in [0.15, 0.2) is 5.90 Å². The van der Waals surface area contributed by atoms with E-state index in [-0.39, 0.29) is 17.1 Å². The molecule has 0 amide bonds. The second-order valence-corrected chi connectivity index (χ2v) is 11.9. The van der Waals surface area contributed by atoms with Gasteiger partial charge in [0.1, 0.15) is 6.61 Å². The van der Waals surface area contributed by atoms with Gasteiger partial charge in [-0.05, 0) is 42.9 Å². The van der Waals surface area contributed by atoms with Crippen molar-refractivity contribution >= 4 is 24.4 Å². The molecule has 2 aliphatic carbocycles. The Morgan fingerprint density at radius 3 is 1.78 bits per heavy atom. The molecule has 4 heteroatoms. The van der Waals surface area contributed by atoms with E-state index in [1.165, 1.54) is 62.0 Å². The van der Waals surface area contributed by atoms with Crippen LogP contribution in [0.1, 0.15) is 65.2 Å². The molecule has 0 saturated heterocycles. The van der Waals surface area contributed by atoms with E-state index < -0.39 is 7.92 Å². The summed E-state index contributed by atoms with van der Waals surface area (Å²) in [6, 6.07) is 22.5. The van der Waals surface area contributed by atoms with E-state index in [1.54, 1.807) is 0 Å². The summed E-state index contributed by atoms with van der Waals surface area (Å²) in [6.07, 6.45) is 11.3. The van der Waals surface area contributed by atoms with E-state index in [1.807, 2.05) is 0 Å². The Morgan fingerprint density at radius 1 is 0.781 bits per heavy atom. The van der Waals surface area contributed by atoms with Gasteiger partial charge in [0.25, 0.3) is 0 Å². The average Bonchev–Trinajstić information content (AvgIpc) is 3.58. The molecule has 0 aromatic heterocycles. The first-order valence-electron chi connectivity index (χ1n) is 12.3. The van der Waals surface area contributed by atoms with Gasteiger partial charge in [-0.25, -0.2) is 4.99 Å². The Morgan fingerprint density at radius 2 is 1.31 bits per heavy atom. The summed E-state index contributed by atoms with van der Waals surface area (Å²) in [4.78, 5) is 4.99. The van der Waals surface area contributed by atoms with Crippen LogP contribution in [-0.2, 0) is 21.8 Å². The van der Waals surface area contributed by atoms with Crippen LogP contribution in [0.15, 0.2) is 65.7 Å². The zero-order valence-electron chi connectivity index (χ0n) is 19.6. The molecule has 2 aromatic carbocycles. The second kappa shape index (κ2) is 12.9. The molecular formula is C28H38FeNOP. The van der Waals surface area contributed by atoms with Gasteiger partial charge < -0.3 is 4.74 Å². The summed E-state index contributed by atoms with van der Waals surface area (Å²) in [5.74, 6) is 2.08. The zero-order valence-corrected chi connectivity index (χ0v) is 21.6. The predicted molar refractivity (Wildman–Crippen MR) is 135 cm³/mol. The summed E-state index contributed by atoms with van der Waals surface area (Å²) in [6.45, 7) is 5.26. The first-order chi connectivity index (χ1) is 15.2. The van der Waals surface area contributed by atoms with E-state index in [0.717, 1.165) is 12.5 Å². The van der Waals surface area contributed by atoms with Crippen LogP contribution in [0.2, 0.25) is 0 Å². The second-order valence-electron chi connectivity index (χ2n) is 9.50. The molecule has 2 nitrogen and oxygen atoms in total. The third-order valence-electron chi connectivity index (χ3n) is 6.91. The van der Waals surface area contributed by atoms with Crippen molar-refractivity contribution in [2.24, 2.45) is 16.8 Å². The molecule has 1 heterocycles. The van der Waals surface area contributed by atoms with E-state index in [2.05, 4.69) is 74.5 Å². The fourth-order valence-electron chi connectivity index (χ4n) is 5.08. The minimum Gasteiger partial charge on any atom is -0.478 e. The monoisotopic (exact) mass is 491 g/mol. The number of benzene rings is 2. The normalized spacial score (nSPS) is 24.5. The molecule has 174 valence electrons. The third kappa shape index (κ3) is 6.47. The molecule has 5 rings (SSSR count). The van der Waals surface area contributed by atoms with Gasteiger partial charge in [0.05, 0.1) is 6.04 Å². The number of hydrogen-bond acceptors (Lipinski definition) is 2. The first-order valence-corrected chi connectivity index (χ1v) is 13.7. The molecule has 0 bridgehead atoms. The molecule has 2 saturated carbocycles. The molecule has 0 radical (unpaired) electrons. The number of aliphatic imine (C=N–C) groups is 1. The maximum Gasteiger partial charge on any atom is 0.187 e. The number of ether oxygens (including phenoxy) is 1. The molecule has 32 heavy (non-hydrogen) atoms. The predicted octanol–water partition coefficient (Wildman–Crippen LogP) is 6.69. The van der Waals surface area contributed by atoms with Gasteiger partial charge in [-0.3, -0.25) is 0 Å². The minimum atomic E-state index is -0.398. The van der Waals surface area contributed by atoms with Gasteiger partial charge in [-0.1, -0.05) is 113 Å². The van der Waals surface area contributed by atoms with Gasteiger partial charge in [0, 0.05) is 23.0 Å². The Labute approximate surface area is 206 Å². The van der Waals surface area contributed by atoms with E-state index in [9.17, 15) is 0 Å². The number of rotatable bonds is 5. The molecule has 0 spiro atoms. The van der Waals surface area contributed by atoms with Crippen molar-refractivity contribution in [2.75, 3.05) is 6.61 Å². The average molecular weight is 491 g/mol. The van der Waals surface area contributed by atoms with Crippen molar-refractivity contribution in [2.45, 2.75) is 76.9 Å². The van der Waals surface area contributed by atoms with Crippen molar-refractivity contribution in [3.8, 4) is 0 Å². The molecule has 1 unspecified atom stereocenters. The van der Waals surface area contributed by atoms with Crippen molar-refractivity contribution in [1.29, 1.82) is 0 Å². The van der Waals surface area contributed by atoms with Gasteiger partial charge >= 0.3 is 0 Å². The summed E-state index contributed by atoms with van der Waals surface area (Å²) in [5, 5.41) is 2.95. The van der Waals surface area contributed by atoms with Crippen LogP contribution in [-0.4, -0.2) is 24.2 Å². The molecule has 1 aliphatic heterocycles. The summed E-state index contributed by atoms with van der Waals surface area (Å²) in [5.41, 5.74) is 0.625. The Kier molecular flexibility index (Phi) is 10.3. The Hall–Kier alpha value is -1.14. The van der Waals surface area contributed by atoms with Crippen molar-refractivity contribution in [3.63, 3.8) is 0 Å². The molecule has 2 fully saturated rings. The smallest absolute Gasteiger partial charge is 0.187 e. The molecule has 3 aliphatic rings. The molecule has 3 atom stereocenters.